The number of aliphatic hydroxyl groups excluding tert-OH is 1. The predicted molar refractivity (Wildman–Crippen MR) is 91.4 cm³/mol. The van der Waals surface area contributed by atoms with Crippen LogP contribution in [0.3, 0.4) is 0 Å². The van der Waals surface area contributed by atoms with Gasteiger partial charge in [-0.05, 0) is 18.4 Å². The maximum atomic E-state index is 10.5. The lowest BCUT2D eigenvalue weighted by Crippen LogP contribution is -2.47. The molecule has 4 heterocycles. The van der Waals surface area contributed by atoms with E-state index in [0.29, 0.717) is 25.4 Å². The number of morpholine rings is 1. The van der Waals surface area contributed by atoms with Crippen molar-refractivity contribution < 1.29 is 9.84 Å². The first-order valence-electron chi connectivity index (χ1n) is 7.95. The van der Waals surface area contributed by atoms with E-state index in [2.05, 4.69) is 20.0 Å². The molecule has 0 aliphatic carbocycles. The van der Waals surface area contributed by atoms with Crippen LogP contribution in [0.25, 0.3) is 5.78 Å². The number of anilines is 1. The molecule has 8 heteroatoms. The van der Waals surface area contributed by atoms with Crippen LogP contribution in [0.4, 0.5) is 5.82 Å². The van der Waals surface area contributed by atoms with Gasteiger partial charge >= 0.3 is 0 Å². The Morgan fingerprint density at radius 2 is 2.42 bits per heavy atom. The van der Waals surface area contributed by atoms with Gasteiger partial charge in [-0.15, -0.1) is 11.3 Å². The summed E-state index contributed by atoms with van der Waals surface area (Å²) in [5.41, 5.74) is 0.898. The van der Waals surface area contributed by atoms with Crippen LogP contribution in [-0.2, 0) is 4.74 Å². The second kappa shape index (κ2) is 6.46. The lowest BCUT2D eigenvalue weighted by Gasteiger charge is -2.38. The first-order chi connectivity index (χ1) is 11.7. The fourth-order valence-corrected chi connectivity index (χ4v) is 3.85. The van der Waals surface area contributed by atoms with E-state index in [0.717, 1.165) is 22.9 Å². The number of fused-ring (bicyclic) bond motifs is 1. The van der Waals surface area contributed by atoms with Crippen molar-refractivity contribution in [1.29, 1.82) is 0 Å². The van der Waals surface area contributed by atoms with Gasteiger partial charge in [0.15, 0.2) is 0 Å². The Labute approximate surface area is 143 Å². The molecule has 126 valence electrons. The van der Waals surface area contributed by atoms with Gasteiger partial charge in [-0.25, -0.2) is 4.98 Å². The third-order valence-electron chi connectivity index (χ3n) is 4.25. The average Bonchev–Trinajstić information content (AvgIpc) is 3.26. The topological polar surface area (TPSA) is 75.8 Å². The molecule has 0 radical (unpaired) electrons. The summed E-state index contributed by atoms with van der Waals surface area (Å²) in [6.45, 7) is 3.94. The van der Waals surface area contributed by atoms with Crippen molar-refractivity contribution in [1.82, 2.24) is 19.6 Å². The summed E-state index contributed by atoms with van der Waals surface area (Å²) < 4.78 is 7.42. The third kappa shape index (κ3) is 2.88. The van der Waals surface area contributed by atoms with Crippen molar-refractivity contribution in [3.63, 3.8) is 0 Å². The Balaban J connectivity index is 1.65. The van der Waals surface area contributed by atoms with Crippen molar-refractivity contribution in [3.8, 4) is 0 Å². The van der Waals surface area contributed by atoms with Crippen LogP contribution in [0, 0.1) is 6.92 Å². The molecule has 0 aromatic carbocycles. The molecule has 3 aromatic rings. The Bertz CT molecular complexity index is 819. The maximum Gasteiger partial charge on any atom is 0.254 e. The fraction of sp³-hybridized carbons (Fsp3) is 0.438. The number of aromatic nitrogens is 4. The standard InChI is InChI=1S/C16H19N5O2S/c1-11-7-15(21-16(19-11)17-10-18-21)20-4-5-23-9-12(20)8-13(22)14-3-2-6-24-14/h2-3,6-7,10,12-13,22H,4-5,8-9H2,1H3/t12-,13+/m0/s1. The largest absolute Gasteiger partial charge is 0.387 e. The molecular formula is C16H19N5O2S. The van der Waals surface area contributed by atoms with Crippen LogP contribution < -0.4 is 4.90 Å². The molecule has 1 fully saturated rings. The molecule has 0 bridgehead atoms. The van der Waals surface area contributed by atoms with Crippen LogP contribution in [0.5, 0.6) is 0 Å². The number of ether oxygens (including phenoxy) is 1. The van der Waals surface area contributed by atoms with E-state index in [1.54, 1.807) is 15.9 Å². The van der Waals surface area contributed by atoms with E-state index < -0.39 is 6.10 Å². The molecule has 0 spiro atoms. The van der Waals surface area contributed by atoms with E-state index in [-0.39, 0.29) is 6.04 Å². The lowest BCUT2D eigenvalue weighted by atomic mass is 10.1. The molecule has 2 atom stereocenters. The van der Waals surface area contributed by atoms with Gasteiger partial charge in [0.2, 0.25) is 0 Å². The molecule has 1 saturated heterocycles. The van der Waals surface area contributed by atoms with Gasteiger partial charge in [-0.1, -0.05) is 6.07 Å². The molecule has 4 rings (SSSR count). The minimum absolute atomic E-state index is 0.0741. The van der Waals surface area contributed by atoms with Crippen LogP contribution >= 0.6 is 11.3 Å². The monoisotopic (exact) mass is 345 g/mol. The third-order valence-corrected chi connectivity index (χ3v) is 5.22. The molecule has 0 unspecified atom stereocenters. The van der Waals surface area contributed by atoms with Crippen LogP contribution in [0.1, 0.15) is 23.1 Å². The highest BCUT2D eigenvalue weighted by Gasteiger charge is 2.28. The summed E-state index contributed by atoms with van der Waals surface area (Å²) in [6.07, 6.45) is 1.63. The first-order valence-corrected chi connectivity index (χ1v) is 8.83. The minimum Gasteiger partial charge on any atom is -0.387 e. The summed E-state index contributed by atoms with van der Waals surface area (Å²) in [6, 6.07) is 6.02. The van der Waals surface area contributed by atoms with E-state index >= 15 is 0 Å². The molecule has 1 aliphatic heterocycles. The van der Waals surface area contributed by atoms with Gasteiger partial charge in [0.05, 0.1) is 25.4 Å². The number of nitrogens with zero attached hydrogens (tertiary/aromatic N) is 5. The highest BCUT2D eigenvalue weighted by Crippen LogP contribution is 2.28. The predicted octanol–water partition coefficient (Wildman–Crippen LogP) is 1.82. The van der Waals surface area contributed by atoms with E-state index in [9.17, 15) is 5.11 Å². The summed E-state index contributed by atoms with van der Waals surface area (Å²) in [5.74, 6) is 1.54. The molecule has 24 heavy (non-hydrogen) atoms. The SMILES string of the molecule is Cc1cc(N2CCOC[C@@H]2C[C@@H](O)c2cccs2)n2ncnc2n1. The number of hydrogen-bond acceptors (Lipinski definition) is 7. The molecule has 0 amide bonds. The summed E-state index contributed by atoms with van der Waals surface area (Å²) in [7, 11) is 0. The molecule has 1 aliphatic rings. The van der Waals surface area contributed by atoms with E-state index in [1.807, 2.05) is 30.5 Å². The zero-order chi connectivity index (χ0) is 16.5. The van der Waals surface area contributed by atoms with Crippen molar-refractivity contribution in [2.24, 2.45) is 0 Å². The summed E-state index contributed by atoms with van der Waals surface area (Å²) in [4.78, 5) is 11.8. The average molecular weight is 345 g/mol. The van der Waals surface area contributed by atoms with Gasteiger partial charge in [0, 0.05) is 29.6 Å². The molecular weight excluding hydrogens is 326 g/mol. The Morgan fingerprint density at radius 3 is 3.25 bits per heavy atom. The van der Waals surface area contributed by atoms with Gasteiger partial charge in [0.25, 0.3) is 5.78 Å². The van der Waals surface area contributed by atoms with Crippen LogP contribution in [0.2, 0.25) is 0 Å². The van der Waals surface area contributed by atoms with Gasteiger partial charge in [-0.3, -0.25) is 0 Å². The van der Waals surface area contributed by atoms with Crippen LogP contribution in [-0.4, -0.2) is 50.5 Å². The normalized spacial score (nSPS) is 19.8. The molecule has 3 aromatic heterocycles. The lowest BCUT2D eigenvalue weighted by molar-refractivity contribution is 0.0682. The first kappa shape index (κ1) is 15.5. The zero-order valence-electron chi connectivity index (χ0n) is 13.4. The quantitative estimate of drug-likeness (QED) is 0.777. The van der Waals surface area contributed by atoms with E-state index in [4.69, 9.17) is 4.74 Å². The second-order valence-corrected chi connectivity index (χ2v) is 6.90. The molecule has 1 N–H and O–H groups in total. The minimum atomic E-state index is -0.492. The van der Waals surface area contributed by atoms with Crippen molar-refractivity contribution in [2.45, 2.75) is 25.5 Å². The summed E-state index contributed by atoms with van der Waals surface area (Å²) >= 11 is 1.58. The van der Waals surface area contributed by atoms with Gasteiger partial charge < -0.3 is 14.7 Å². The Kier molecular flexibility index (Phi) is 4.17. The zero-order valence-corrected chi connectivity index (χ0v) is 14.2. The molecule has 7 nitrogen and oxygen atoms in total. The van der Waals surface area contributed by atoms with Gasteiger partial charge in [-0.2, -0.15) is 14.6 Å². The smallest absolute Gasteiger partial charge is 0.254 e. The Morgan fingerprint density at radius 1 is 1.50 bits per heavy atom. The van der Waals surface area contributed by atoms with Gasteiger partial charge in [0.1, 0.15) is 12.1 Å². The van der Waals surface area contributed by atoms with Crippen LogP contribution in [0.15, 0.2) is 29.9 Å². The second-order valence-electron chi connectivity index (χ2n) is 5.92. The van der Waals surface area contributed by atoms with Crippen molar-refractivity contribution in [2.75, 3.05) is 24.7 Å². The number of rotatable bonds is 4. The van der Waals surface area contributed by atoms with Crippen molar-refractivity contribution in [3.05, 3.63) is 40.5 Å². The number of hydrogen-bond donors (Lipinski definition) is 1. The maximum absolute atomic E-state index is 10.5. The number of thiophene rings is 1. The van der Waals surface area contributed by atoms with Crippen molar-refractivity contribution >= 4 is 22.9 Å². The molecule has 0 saturated carbocycles. The number of aryl methyl sites for hydroxylation is 1. The highest BCUT2D eigenvalue weighted by atomic mass is 32.1. The Hall–Kier alpha value is -2.03. The van der Waals surface area contributed by atoms with E-state index in [1.165, 1.54) is 6.33 Å². The summed E-state index contributed by atoms with van der Waals surface area (Å²) in [5, 5.41) is 16.8. The number of aliphatic hydroxyl groups is 1. The highest BCUT2D eigenvalue weighted by molar-refractivity contribution is 7.10. The fourth-order valence-electron chi connectivity index (χ4n) is 3.12.